The molecule has 5 heteroatoms. The molecule has 0 spiro atoms. The Labute approximate surface area is 128 Å². The SMILES string of the molecule is CCc1cc(CN2CCN(C(C)(C)C#N)CC2)n(CC)n1. The second kappa shape index (κ2) is 6.59. The summed E-state index contributed by atoms with van der Waals surface area (Å²) in [5.41, 5.74) is 2.13. The third kappa shape index (κ3) is 3.63. The quantitative estimate of drug-likeness (QED) is 0.830. The van der Waals surface area contributed by atoms with E-state index in [0.29, 0.717) is 0 Å². The Bertz CT molecular complexity index is 503. The van der Waals surface area contributed by atoms with E-state index in [4.69, 9.17) is 0 Å². The van der Waals surface area contributed by atoms with E-state index in [9.17, 15) is 5.26 Å². The summed E-state index contributed by atoms with van der Waals surface area (Å²) in [5.74, 6) is 0. The van der Waals surface area contributed by atoms with E-state index in [1.807, 2.05) is 13.8 Å². The first-order valence-electron chi connectivity index (χ1n) is 7.94. The number of aryl methyl sites for hydroxylation is 2. The first kappa shape index (κ1) is 16.0. The lowest BCUT2D eigenvalue weighted by Crippen LogP contribution is -2.53. The topological polar surface area (TPSA) is 48.1 Å². The second-order valence-electron chi connectivity index (χ2n) is 6.23. The number of piperazine rings is 1. The van der Waals surface area contributed by atoms with Crippen molar-refractivity contribution in [1.29, 1.82) is 5.26 Å². The van der Waals surface area contributed by atoms with Gasteiger partial charge in [-0.25, -0.2) is 0 Å². The van der Waals surface area contributed by atoms with Crippen molar-refractivity contribution in [3.63, 3.8) is 0 Å². The molecule has 0 atom stereocenters. The van der Waals surface area contributed by atoms with Gasteiger partial charge in [-0.05, 0) is 33.3 Å². The molecule has 0 bridgehead atoms. The van der Waals surface area contributed by atoms with Gasteiger partial charge in [0.1, 0.15) is 5.54 Å². The summed E-state index contributed by atoms with van der Waals surface area (Å²) in [5, 5.41) is 13.8. The molecule has 21 heavy (non-hydrogen) atoms. The number of hydrogen-bond donors (Lipinski definition) is 0. The predicted octanol–water partition coefficient (Wildman–Crippen LogP) is 1.89. The van der Waals surface area contributed by atoms with Gasteiger partial charge in [0.05, 0.1) is 17.5 Å². The van der Waals surface area contributed by atoms with Gasteiger partial charge in [0.2, 0.25) is 0 Å². The van der Waals surface area contributed by atoms with Gasteiger partial charge in [-0.15, -0.1) is 0 Å². The molecule has 1 aromatic rings. The molecule has 0 N–H and O–H groups in total. The van der Waals surface area contributed by atoms with Crippen molar-refractivity contribution in [3.8, 4) is 6.07 Å². The van der Waals surface area contributed by atoms with Crippen LogP contribution >= 0.6 is 0 Å². The van der Waals surface area contributed by atoms with Crippen molar-refractivity contribution in [2.24, 2.45) is 0 Å². The third-order valence-corrected chi connectivity index (χ3v) is 4.40. The van der Waals surface area contributed by atoms with Gasteiger partial charge in [-0.3, -0.25) is 14.5 Å². The molecule has 5 nitrogen and oxygen atoms in total. The van der Waals surface area contributed by atoms with Gasteiger partial charge in [-0.2, -0.15) is 10.4 Å². The van der Waals surface area contributed by atoms with E-state index < -0.39 is 0 Å². The zero-order valence-electron chi connectivity index (χ0n) is 13.8. The lowest BCUT2D eigenvalue weighted by atomic mass is 10.0. The Morgan fingerprint density at radius 3 is 2.43 bits per heavy atom. The second-order valence-corrected chi connectivity index (χ2v) is 6.23. The van der Waals surface area contributed by atoms with E-state index in [0.717, 1.165) is 45.7 Å². The summed E-state index contributed by atoms with van der Waals surface area (Å²) in [6.45, 7) is 14.1. The molecule has 1 aliphatic heterocycles. The van der Waals surface area contributed by atoms with Crippen LogP contribution in [-0.2, 0) is 19.5 Å². The van der Waals surface area contributed by atoms with E-state index in [2.05, 4.69) is 45.6 Å². The van der Waals surface area contributed by atoms with Crippen molar-refractivity contribution < 1.29 is 0 Å². The first-order valence-corrected chi connectivity index (χ1v) is 7.94. The van der Waals surface area contributed by atoms with Crippen LogP contribution in [0.2, 0.25) is 0 Å². The molecular weight excluding hydrogens is 262 g/mol. The fourth-order valence-corrected chi connectivity index (χ4v) is 2.85. The van der Waals surface area contributed by atoms with Gasteiger partial charge in [0.15, 0.2) is 0 Å². The van der Waals surface area contributed by atoms with E-state index in [-0.39, 0.29) is 5.54 Å². The highest BCUT2D eigenvalue weighted by Crippen LogP contribution is 2.17. The summed E-state index contributed by atoms with van der Waals surface area (Å²) in [6, 6.07) is 4.63. The molecule has 0 aliphatic carbocycles. The molecule has 1 aliphatic rings. The molecule has 2 heterocycles. The largest absolute Gasteiger partial charge is 0.295 e. The Kier molecular flexibility index (Phi) is 5.02. The molecule has 0 amide bonds. The summed E-state index contributed by atoms with van der Waals surface area (Å²) < 4.78 is 2.12. The normalized spacial score (nSPS) is 17.9. The standard InChI is InChI=1S/C16H27N5/c1-5-14-11-15(21(6-2)18-14)12-19-7-9-20(10-8-19)16(3,4)13-17/h11H,5-10,12H2,1-4H3. The number of hydrogen-bond acceptors (Lipinski definition) is 4. The maximum atomic E-state index is 9.23. The molecule has 116 valence electrons. The zero-order chi connectivity index (χ0) is 15.5. The fourth-order valence-electron chi connectivity index (χ4n) is 2.85. The van der Waals surface area contributed by atoms with Gasteiger partial charge >= 0.3 is 0 Å². The van der Waals surface area contributed by atoms with E-state index >= 15 is 0 Å². The lowest BCUT2D eigenvalue weighted by Gasteiger charge is -2.40. The van der Waals surface area contributed by atoms with Crippen LogP contribution in [0.25, 0.3) is 0 Å². The molecule has 0 saturated carbocycles. The first-order chi connectivity index (χ1) is 10.00. The highest BCUT2D eigenvalue weighted by atomic mass is 15.3. The smallest absolute Gasteiger partial charge is 0.103 e. The average molecular weight is 289 g/mol. The van der Waals surface area contributed by atoms with Gasteiger partial charge in [-0.1, -0.05) is 6.92 Å². The fraction of sp³-hybridized carbons (Fsp3) is 0.750. The van der Waals surface area contributed by atoms with Crippen LogP contribution in [0, 0.1) is 11.3 Å². The summed E-state index contributed by atoms with van der Waals surface area (Å²) >= 11 is 0. The summed E-state index contributed by atoms with van der Waals surface area (Å²) in [6.07, 6.45) is 0.990. The van der Waals surface area contributed by atoms with Crippen LogP contribution in [0.3, 0.4) is 0 Å². The number of rotatable bonds is 5. The van der Waals surface area contributed by atoms with Crippen LogP contribution in [0.4, 0.5) is 0 Å². The maximum absolute atomic E-state index is 9.23. The van der Waals surface area contributed by atoms with Crippen LogP contribution < -0.4 is 0 Å². The molecule has 1 saturated heterocycles. The number of nitriles is 1. The van der Waals surface area contributed by atoms with Crippen molar-refractivity contribution in [1.82, 2.24) is 19.6 Å². The molecule has 0 unspecified atom stereocenters. The number of aromatic nitrogens is 2. The van der Waals surface area contributed by atoms with E-state index in [1.165, 1.54) is 11.4 Å². The van der Waals surface area contributed by atoms with Crippen molar-refractivity contribution >= 4 is 0 Å². The van der Waals surface area contributed by atoms with Gasteiger partial charge in [0, 0.05) is 39.3 Å². The van der Waals surface area contributed by atoms with Crippen LogP contribution in [-0.4, -0.2) is 51.3 Å². The highest BCUT2D eigenvalue weighted by molar-refractivity contribution is 5.11. The zero-order valence-corrected chi connectivity index (χ0v) is 13.8. The van der Waals surface area contributed by atoms with Crippen molar-refractivity contribution in [2.75, 3.05) is 26.2 Å². The predicted molar refractivity (Wildman–Crippen MR) is 83.8 cm³/mol. The van der Waals surface area contributed by atoms with Crippen molar-refractivity contribution in [3.05, 3.63) is 17.5 Å². The highest BCUT2D eigenvalue weighted by Gasteiger charge is 2.29. The minimum absolute atomic E-state index is 0.355. The molecule has 1 fully saturated rings. The monoisotopic (exact) mass is 289 g/mol. The van der Waals surface area contributed by atoms with Crippen LogP contribution in [0.5, 0.6) is 0 Å². The molecule has 0 radical (unpaired) electrons. The molecule has 0 aromatic carbocycles. The van der Waals surface area contributed by atoms with Gasteiger partial charge < -0.3 is 0 Å². The Morgan fingerprint density at radius 1 is 1.24 bits per heavy atom. The number of nitrogens with zero attached hydrogens (tertiary/aromatic N) is 5. The summed E-state index contributed by atoms with van der Waals surface area (Å²) in [7, 11) is 0. The Balaban J connectivity index is 1.95. The minimum atomic E-state index is -0.355. The minimum Gasteiger partial charge on any atom is -0.295 e. The Hall–Kier alpha value is -1.38. The lowest BCUT2D eigenvalue weighted by molar-refractivity contribution is 0.0750. The van der Waals surface area contributed by atoms with Crippen molar-refractivity contribution in [2.45, 2.75) is 52.7 Å². The maximum Gasteiger partial charge on any atom is 0.103 e. The van der Waals surface area contributed by atoms with Crippen LogP contribution in [0.15, 0.2) is 6.07 Å². The molecular formula is C16H27N5. The Morgan fingerprint density at radius 2 is 1.90 bits per heavy atom. The van der Waals surface area contributed by atoms with Gasteiger partial charge in [0.25, 0.3) is 0 Å². The molecule has 2 rings (SSSR count). The average Bonchev–Trinajstić information content (AvgIpc) is 2.90. The molecule has 1 aromatic heterocycles. The summed E-state index contributed by atoms with van der Waals surface area (Å²) in [4.78, 5) is 4.74. The third-order valence-electron chi connectivity index (χ3n) is 4.40. The van der Waals surface area contributed by atoms with E-state index in [1.54, 1.807) is 0 Å². The van der Waals surface area contributed by atoms with Crippen LogP contribution in [0.1, 0.15) is 39.1 Å².